The molecule has 1 atom stereocenters. The number of hydrogen-bond acceptors (Lipinski definition) is 3. The van der Waals surface area contributed by atoms with Crippen LogP contribution < -0.4 is 9.47 Å². The smallest absolute Gasteiger partial charge is 0.429 e. The number of hydrogen-bond donors (Lipinski definition) is 0. The van der Waals surface area contributed by atoms with Gasteiger partial charge in [0, 0.05) is 29.8 Å². The van der Waals surface area contributed by atoms with Gasteiger partial charge in [0.25, 0.3) is 0 Å². The molecule has 0 aliphatic heterocycles. The molecule has 5 rings (SSSR count). The van der Waals surface area contributed by atoms with Crippen molar-refractivity contribution in [3.8, 4) is 22.6 Å². The molecule has 4 aromatic carbocycles. The molecule has 0 spiro atoms. The number of halogens is 8. The minimum atomic E-state index is -4.77. The quantitative estimate of drug-likeness (QED) is 0.0743. The van der Waals surface area contributed by atoms with Crippen LogP contribution in [0.15, 0.2) is 54.6 Å². The predicted octanol–water partition coefficient (Wildman–Crippen LogP) is 10.1. The Morgan fingerprint density at radius 1 is 0.761 bits per heavy atom. The normalized spacial score (nSPS) is 14.3. The van der Waals surface area contributed by atoms with Crippen molar-refractivity contribution in [2.45, 2.75) is 58.5 Å². The topological polar surface area (TPSA) is 35.5 Å². The number of ether oxygens (including phenoxy) is 2. The van der Waals surface area contributed by atoms with Crippen molar-refractivity contribution in [2.24, 2.45) is 5.92 Å². The largest absolute Gasteiger partial charge is 0.432 e. The molecule has 0 fully saturated rings. The summed E-state index contributed by atoms with van der Waals surface area (Å²) in [5.74, 6) is -11.1. The molecule has 1 aliphatic carbocycles. The first-order chi connectivity index (χ1) is 21.8. The highest BCUT2D eigenvalue weighted by atomic mass is 19.3. The molecule has 4 aromatic rings. The second kappa shape index (κ2) is 13.1. The molecule has 0 radical (unpaired) electrons. The molecule has 3 nitrogen and oxygen atoms in total. The van der Waals surface area contributed by atoms with Gasteiger partial charge in [-0.2, -0.15) is 8.78 Å². The molecule has 0 aromatic heterocycles. The summed E-state index contributed by atoms with van der Waals surface area (Å²) in [6.07, 6.45) is 1.42. The number of carbonyl (C=O) groups excluding carboxylic acids is 1. The minimum absolute atomic E-state index is 0.178. The summed E-state index contributed by atoms with van der Waals surface area (Å²) in [6, 6.07) is 7.64. The Morgan fingerprint density at radius 3 is 1.96 bits per heavy atom. The highest BCUT2D eigenvalue weighted by Gasteiger charge is 2.42. The lowest BCUT2D eigenvalue weighted by atomic mass is 9.98. The Labute approximate surface area is 259 Å². The molecular formula is C35H28F8O3. The van der Waals surface area contributed by atoms with Crippen molar-refractivity contribution in [2.75, 3.05) is 0 Å². The van der Waals surface area contributed by atoms with Gasteiger partial charge in [0.1, 0.15) is 52.0 Å². The molecule has 0 bridgehead atoms. The van der Waals surface area contributed by atoms with Crippen LogP contribution in [0.5, 0.6) is 11.5 Å². The van der Waals surface area contributed by atoms with Crippen LogP contribution in [0, 0.1) is 47.7 Å². The Bertz CT molecular complexity index is 1730. The fourth-order valence-corrected chi connectivity index (χ4v) is 5.65. The van der Waals surface area contributed by atoms with Crippen LogP contribution in [-0.2, 0) is 19.0 Å². The lowest BCUT2D eigenvalue weighted by molar-refractivity contribution is -0.189. The monoisotopic (exact) mass is 648 g/mol. The van der Waals surface area contributed by atoms with Crippen LogP contribution >= 0.6 is 0 Å². The van der Waals surface area contributed by atoms with Gasteiger partial charge in [0.2, 0.25) is 0 Å². The van der Waals surface area contributed by atoms with E-state index >= 15 is 8.78 Å². The van der Waals surface area contributed by atoms with Crippen molar-refractivity contribution in [1.82, 2.24) is 0 Å². The predicted molar refractivity (Wildman–Crippen MR) is 154 cm³/mol. The highest BCUT2D eigenvalue weighted by molar-refractivity contribution is 5.91. The summed E-state index contributed by atoms with van der Waals surface area (Å²) in [5.41, 5.74) is -1.90. The molecule has 0 heterocycles. The molecule has 11 heteroatoms. The van der Waals surface area contributed by atoms with Gasteiger partial charge in [-0.05, 0) is 73.1 Å². The van der Waals surface area contributed by atoms with Crippen LogP contribution in [0.2, 0.25) is 0 Å². The third-order valence-electron chi connectivity index (χ3n) is 8.02. The first kappa shape index (κ1) is 33.0. The number of benzene rings is 4. The van der Waals surface area contributed by atoms with E-state index in [2.05, 4.69) is 11.7 Å². The van der Waals surface area contributed by atoms with Crippen LogP contribution in [0.3, 0.4) is 0 Å². The van der Waals surface area contributed by atoms with Crippen LogP contribution in [-0.4, -0.2) is 5.97 Å². The van der Waals surface area contributed by atoms with E-state index in [1.54, 1.807) is 12.1 Å². The lowest BCUT2D eigenvalue weighted by Crippen LogP contribution is -2.25. The molecule has 1 aliphatic rings. The summed E-state index contributed by atoms with van der Waals surface area (Å²) in [7, 11) is 0. The van der Waals surface area contributed by atoms with Gasteiger partial charge in [-0.3, -0.25) is 0 Å². The van der Waals surface area contributed by atoms with Gasteiger partial charge in [-0.1, -0.05) is 32.3 Å². The highest BCUT2D eigenvalue weighted by Crippen LogP contribution is 2.39. The van der Waals surface area contributed by atoms with Gasteiger partial charge < -0.3 is 9.47 Å². The van der Waals surface area contributed by atoms with E-state index in [-0.39, 0.29) is 17.7 Å². The molecule has 1 unspecified atom stereocenters. The Hall–Kier alpha value is -4.41. The Kier molecular flexibility index (Phi) is 9.42. The second-order valence-corrected chi connectivity index (χ2v) is 11.4. The average molecular weight is 649 g/mol. The molecular weight excluding hydrogens is 620 g/mol. The molecule has 242 valence electrons. The van der Waals surface area contributed by atoms with E-state index in [4.69, 9.17) is 4.74 Å². The maximum atomic E-state index is 15.1. The molecule has 0 saturated heterocycles. The standard InChI is InChI=1S/C35H28F8O3/c1-3-4-5-6-19-9-20-7-8-21(11-22(20)10-19)34(44)45-24-14-28(38)32(29(39)15-24)23-12-30(40)33(31(41)13-23)35(42,43)46-25-16-26(36)18(2)27(37)17-25/h7-8,11-17,19H,3-6,9-10H2,1-2H3. The van der Waals surface area contributed by atoms with E-state index in [0.717, 1.165) is 56.6 Å². The molecule has 0 amide bonds. The van der Waals surface area contributed by atoms with Gasteiger partial charge in [-0.25, -0.2) is 31.1 Å². The van der Waals surface area contributed by atoms with E-state index < -0.39 is 80.7 Å². The van der Waals surface area contributed by atoms with Crippen molar-refractivity contribution >= 4 is 5.97 Å². The van der Waals surface area contributed by atoms with Gasteiger partial charge >= 0.3 is 12.1 Å². The first-order valence-corrected chi connectivity index (χ1v) is 14.6. The third-order valence-corrected chi connectivity index (χ3v) is 8.02. The van der Waals surface area contributed by atoms with E-state index in [1.807, 2.05) is 6.07 Å². The zero-order valence-corrected chi connectivity index (χ0v) is 24.8. The van der Waals surface area contributed by atoms with E-state index in [9.17, 15) is 31.1 Å². The van der Waals surface area contributed by atoms with Crippen LogP contribution in [0.1, 0.15) is 65.2 Å². The number of carbonyl (C=O) groups is 1. The zero-order valence-electron chi connectivity index (χ0n) is 24.8. The van der Waals surface area contributed by atoms with Gasteiger partial charge in [-0.15, -0.1) is 0 Å². The number of fused-ring (bicyclic) bond motifs is 1. The number of rotatable bonds is 10. The summed E-state index contributed by atoms with van der Waals surface area (Å²) >= 11 is 0. The maximum Gasteiger partial charge on any atom is 0.432 e. The van der Waals surface area contributed by atoms with Crippen molar-refractivity contribution < 1.29 is 49.4 Å². The summed E-state index contributed by atoms with van der Waals surface area (Å²) < 4.78 is 126. The number of unbranched alkanes of at least 4 members (excludes halogenated alkanes) is 2. The van der Waals surface area contributed by atoms with Crippen LogP contribution in [0.4, 0.5) is 35.1 Å². The van der Waals surface area contributed by atoms with Gasteiger partial charge in [0.15, 0.2) is 0 Å². The zero-order chi connectivity index (χ0) is 33.3. The second-order valence-electron chi connectivity index (χ2n) is 11.4. The number of esters is 1. The average Bonchev–Trinajstić information content (AvgIpc) is 3.37. The minimum Gasteiger partial charge on any atom is -0.429 e. The molecule has 0 N–H and O–H groups in total. The van der Waals surface area contributed by atoms with Crippen molar-refractivity contribution in [3.05, 3.63) is 117 Å². The number of alkyl halides is 2. The van der Waals surface area contributed by atoms with E-state index in [0.29, 0.717) is 30.2 Å². The summed E-state index contributed by atoms with van der Waals surface area (Å²) in [5, 5.41) is 0. The summed E-state index contributed by atoms with van der Waals surface area (Å²) in [6.45, 7) is 3.17. The van der Waals surface area contributed by atoms with Gasteiger partial charge in [0.05, 0.1) is 11.1 Å². The third kappa shape index (κ3) is 6.88. The lowest BCUT2D eigenvalue weighted by Gasteiger charge is -2.20. The Balaban J connectivity index is 1.34. The summed E-state index contributed by atoms with van der Waals surface area (Å²) in [4.78, 5) is 12.8. The van der Waals surface area contributed by atoms with Crippen molar-refractivity contribution in [1.29, 1.82) is 0 Å². The van der Waals surface area contributed by atoms with Crippen molar-refractivity contribution in [3.63, 3.8) is 0 Å². The molecule has 46 heavy (non-hydrogen) atoms. The fourth-order valence-electron chi connectivity index (χ4n) is 5.65. The van der Waals surface area contributed by atoms with E-state index in [1.165, 1.54) is 0 Å². The maximum absolute atomic E-state index is 15.1. The fraction of sp³-hybridized carbons (Fsp3) is 0.286. The molecule has 0 saturated carbocycles. The first-order valence-electron chi connectivity index (χ1n) is 14.6. The Morgan fingerprint density at radius 2 is 1.35 bits per heavy atom. The SMILES string of the molecule is CCCCCC1Cc2ccc(C(=O)Oc3cc(F)c(-c4cc(F)c(C(F)(F)Oc5cc(F)c(C)c(F)c5)c(F)c4)c(F)c3)cc2C1. The van der Waals surface area contributed by atoms with Crippen LogP contribution in [0.25, 0.3) is 11.1 Å².